The summed E-state index contributed by atoms with van der Waals surface area (Å²) in [4.78, 5) is 10.7. The van der Waals surface area contributed by atoms with Crippen molar-refractivity contribution in [2.45, 2.75) is 6.92 Å². The lowest BCUT2D eigenvalue weighted by molar-refractivity contribution is 0.0690. The van der Waals surface area contributed by atoms with Crippen LogP contribution in [0.15, 0.2) is 22.7 Å². The first-order valence-electron chi connectivity index (χ1n) is 3.97. The fourth-order valence-corrected chi connectivity index (χ4v) is 1.89. The van der Waals surface area contributed by atoms with Crippen molar-refractivity contribution in [1.29, 1.82) is 0 Å². The summed E-state index contributed by atoms with van der Waals surface area (Å²) in [7, 11) is 0. The molecule has 72 valence electrons. The quantitative estimate of drug-likeness (QED) is 0.848. The van der Waals surface area contributed by atoms with Crippen LogP contribution in [-0.4, -0.2) is 20.7 Å². The molecule has 14 heavy (non-hydrogen) atoms. The molecule has 0 aliphatic rings. The van der Waals surface area contributed by atoms with E-state index < -0.39 is 5.97 Å². The van der Waals surface area contributed by atoms with E-state index in [1.165, 1.54) is 0 Å². The minimum absolute atomic E-state index is 0.0613. The maximum absolute atomic E-state index is 10.7. The van der Waals surface area contributed by atoms with Gasteiger partial charge in [-0.1, -0.05) is 15.9 Å². The van der Waals surface area contributed by atoms with Gasteiger partial charge in [-0.05, 0) is 25.1 Å². The van der Waals surface area contributed by atoms with E-state index >= 15 is 0 Å². The Kier molecular flexibility index (Phi) is 2.03. The Bertz CT molecular complexity index is 519. The SMILES string of the molecule is Cc1cc(Br)cc2cc(C(=O)O)nn12. The fraction of sp³-hybridized carbons (Fsp3) is 0.111. The second-order valence-corrected chi connectivity index (χ2v) is 3.90. The molecule has 2 aromatic heterocycles. The fourth-order valence-electron chi connectivity index (χ4n) is 1.33. The first-order chi connectivity index (χ1) is 6.58. The molecule has 0 spiro atoms. The number of aryl methyl sites for hydroxylation is 1. The predicted octanol–water partition coefficient (Wildman–Crippen LogP) is 2.10. The van der Waals surface area contributed by atoms with Gasteiger partial charge in [-0.2, -0.15) is 5.10 Å². The first kappa shape index (κ1) is 9.21. The van der Waals surface area contributed by atoms with Gasteiger partial charge in [0.15, 0.2) is 5.69 Å². The average Bonchev–Trinajstić information content (AvgIpc) is 2.47. The average molecular weight is 255 g/mol. The van der Waals surface area contributed by atoms with Crippen LogP contribution < -0.4 is 0 Å². The van der Waals surface area contributed by atoms with Crippen LogP contribution in [0.25, 0.3) is 5.52 Å². The molecule has 4 nitrogen and oxygen atoms in total. The molecule has 2 aromatic rings. The summed E-state index contributed by atoms with van der Waals surface area (Å²) < 4.78 is 2.52. The molecule has 0 atom stereocenters. The molecular formula is C9H7BrN2O2. The molecule has 0 radical (unpaired) electrons. The van der Waals surface area contributed by atoms with Crippen molar-refractivity contribution in [2.75, 3.05) is 0 Å². The summed E-state index contributed by atoms with van der Waals surface area (Å²) in [6.45, 7) is 1.87. The Morgan fingerprint density at radius 2 is 2.21 bits per heavy atom. The number of carbonyl (C=O) groups is 1. The van der Waals surface area contributed by atoms with Crippen molar-refractivity contribution < 1.29 is 9.90 Å². The van der Waals surface area contributed by atoms with Gasteiger partial charge in [-0.25, -0.2) is 9.31 Å². The minimum Gasteiger partial charge on any atom is -0.476 e. The Hall–Kier alpha value is -1.36. The number of halogens is 1. The van der Waals surface area contributed by atoms with Gasteiger partial charge >= 0.3 is 5.97 Å². The van der Waals surface area contributed by atoms with Crippen LogP contribution in [0, 0.1) is 6.92 Å². The molecule has 0 bridgehead atoms. The normalized spacial score (nSPS) is 10.7. The molecule has 0 saturated heterocycles. The number of carboxylic acids is 1. The number of pyridine rings is 1. The monoisotopic (exact) mass is 254 g/mol. The highest BCUT2D eigenvalue weighted by Crippen LogP contribution is 2.17. The summed E-state index contributed by atoms with van der Waals surface area (Å²) in [6.07, 6.45) is 0. The Labute approximate surface area is 88.3 Å². The van der Waals surface area contributed by atoms with Crippen LogP contribution in [0.2, 0.25) is 0 Å². The zero-order valence-corrected chi connectivity index (χ0v) is 8.95. The summed E-state index contributed by atoms with van der Waals surface area (Å²) in [5, 5.41) is 12.7. The van der Waals surface area contributed by atoms with Gasteiger partial charge in [-0.15, -0.1) is 0 Å². The third-order valence-corrected chi connectivity index (χ3v) is 2.38. The number of fused-ring (bicyclic) bond motifs is 1. The maximum atomic E-state index is 10.7. The van der Waals surface area contributed by atoms with Crippen LogP contribution in [0.4, 0.5) is 0 Å². The van der Waals surface area contributed by atoms with Gasteiger partial charge < -0.3 is 5.11 Å². The maximum Gasteiger partial charge on any atom is 0.356 e. The van der Waals surface area contributed by atoms with E-state index in [1.54, 1.807) is 10.6 Å². The van der Waals surface area contributed by atoms with Crippen molar-refractivity contribution in [3.05, 3.63) is 34.1 Å². The van der Waals surface area contributed by atoms with E-state index in [0.717, 1.165) is 15.7 Å². The summed E-state index contributed by atoms with van der Waals surface area (Å²) in [6, 6.07) is 5.25. The number of rotatable bonds is 1. The molecule has 0 aliphatic heterocycles. The van der Waals surface area contributed by atoms with E-state index in [1.807, 2.05) is 19.1 Å². The van der Waals surface area contributed by atoms with E-state index in [9.17, 15) is 4.79 Å². The number of aromatic carboxylic acids is 1. The summed E-state index contributed by atoms with van der Waals surface area (Å²) in [5.74, 6) is -1.01. The molecular weight excluding hydrogens is 248 g/mol. The summed E-state index contributed by atoms with van der Waals surface area (Å²) in [5.41, 5.74) is 1.72. The zero-order chi connectivity index (χ0) is 10.3. The standard InChI is InChI=1S/C9H7BrN2O2/c1-5-2-6(10)3-7-4-8(9(13)14)11-12(5)7/h2-4H,1H3,(H,13,14). The van der Waals surface area contributed by atoms with E-state index in [0.29, 0.717) is 0 Å². The van der Waals surface area contributed by atoms with Gasteiger partial charge in [0.25, 0.3) is 0 Å². The first-order valence-corrected chi connectivity index (χ1v) is 4.76. The molecule has 5 heteroatoms. The van der Waals surface area contributed by atoms with Gasteiger partial charge in [0.05, 0.1) is 5.52 Å². The zero-order valence-electron chi connectivity index (χ0n) is 7.36. The lowest BCUT2D eigenvalue weighted by Gasteiger charge is -1.98. The van der Waals surface area contributed by atoms with Crippen LogP contribution in [0.5, 0.6) is 0 Å². The third-order valence-electron chi connectivity index (χ3n) is 1.92. The Balaban J connectivity index is 2.76. The van der Waals surface area contributed by atoms with Crippen molar-refractivity contribution in [2.24, 2.45) is 0 Å². The highest BCUT2D eigenvalue weighted by atomic mass is 79.9. The predicted molar refractivity (Wildman–Crippen MR) is 54.6 cm³/mol. The molecule has 0 fully saturated rings. The molecule has 0 aliphatic carbocycles. The summed E-state index contributed by atoms with van der Waals surface area (Å²) >= 11 is 3.34. The highest BCUT2D eigenvalue weighted by molar-refractivity contribution is 9.10. The number of hydrogen-bond donors (Lipinski definition) is 1. The van der Waals surface area contributed by atoms with Gasteiger partial charge in [0, 0.05) is 10.2 Å². The number of hydrogen-bond acceptors (Lipinski definition) is 2. The van der Waals surface area contributed by atoms with Gasteiger partial charge in [-0.3, -0.25) is 0 Å². The molecule has 0 saturated carbocycles. The number of aromatic nitrogens is 2. The lowest BCUT2D eigenvalue weighted by atomic mass is 10.3. The smallest absolute Gasteiger partial charge is 0.356 e. The molecule has 0 unspecified atom stereocenters. The van der Waals surface area contributed by atoms with E-state index in [2.05, 4.69) is 21.0 Å². The number of nitrogens with zero attached hydrogens (tertiary/aromatic N) is 2. The highest BCUT2D eigenvalue weighted by Gasteiger charge is 2.09. The van der Waals surface area contributed by atoms with Gasteiger partial charge in [0.1, 0.15) is 0 Å². The van der Waals surface area contributed by atoms with Crippen molar-refractivity contribution in [3.8, 4) is 0 Å². The van der Waals surface area contributed by atoms with E-state index in [4.69, 9.17) is 5.11 Å². The van der Waals surface area contributed by atoms with Crippen molar-refractivity contribution in [1.82, 2.24) is 9.61 Å². The second kappa shape index (κ2) is 3.09. The van der Waals surface area contributed by atoms with Crippen molar-refractivity contribution >= 4 is 27.4 Å². The van der Waals surface area contributed by atoms with Crippen LogP contribution >= 0.6 is 15.9 Å². The molecule has 2 heterocycles. The second-order valence-electron chi connectivity index (χ2n) is 2.99. The molecule has 0 aromatic carbocycles. The van der Waals surface area contributed by atoms with Crippen LogP contribution in [0.3, 0.4) is 0 Å². The minimum atomic E-state index is -1.01. The topological polar surface area (TPSA) is 54.6 Å². The Morgan fingerprint density at radius 3 is 2.86 bits per heavy atom. The number of carboxylic acid groups (broad SMARTS) is 1. The molecule has 0 amide bonds. The Morgan fingerprint density at radius 1 is 1.50 bits per heavy atom. The largest absolute Gasteiger partial charge is 0.476 e. The van der Waals surface area contributed by atoms with Crippen LogP contribution in [-0.2, 0) is 0 Å². The third kappa shape index (κ3) is 1.39. The van der Waals surface area contributed by atoms with Crippen molar-refractivity contribution in [3.63, 3.8) is 0 Å². The molecule has 2 rings (SSSR count). The van der Waals surface area contributed by atoms with Crippen LogP contribution in [0.1, 0.15) is 16.2 Å². The molecule has 1 N–H and O–H groups in total. The van der Waals surface area contributed by atoms with E-state index in [-0.39, 0.29) is 5.69 Å². The van der Waals surface area contributed by atoms with Gasteiger partial charge in [0.2, 0.25) is 0 Å². The lowest BCUT2D eigenvalue weighted by Crippen LogP contribution is -1.98.